The third kappa shape index (κ3) is 4.23. The first-order chi connectivity index (χ1) is 12.4. The summed E-state index contributed by atoms with van der Waals surface area (Å²) in [5.41, 5.74) is 7.34. The highest BCUT2D eigenvalue weighted by molar-refractivity contribution is 7.99. The molecule has 3 rings (SSSR count). The number of hydrogen-bond donors (Lipinski definition) is 1. The molecule has 6 nitrogen and oxygen atoms in total. The van der Waals surface area contributed by atoms with E-state index in [9.17, 15) is 14.9 Å². The molecule has 2 aromatic carbocycles. The number of piperidine rings is 1. The maximum Gasteiger partial charge on any atom is 0.284 e. The molecule has 0 aromatic heterocycles. The van der Waals surface area contributed by atoms with Gasteiger partial charge in [0.1, 0.15) is 0 Å². The number of benzene rings is 2. The van der Waals surface area contributed by atoms with Crippen LogP contribution >= 0.6 is 11.8 Å². The summed E-state index contributed by atoms with van der Waals surface area (Å²) in [6.07, 6.45) is 1.76. The van der Waals surface area contributed by atoms with Crippen molar-refractivity contribution in [3.8, 4) is 0 Å². The van der Waals surface area contributed by atoms with E-state index in [4.69, 9.17) is 5.73 Å². The van der Waals surface area contributed by atoms with Crippen molar-refractivity contribution in [2.24, 2.45) is 5.73 Å². The Bertz CT molecular complexity index is 823. The lowest BCUT2D eigenvalue weighted by Gasteiger charge is -2.30. The number of nitrogens with two attached hydrogens (primary N) is 1. The predicted molar refractivity (Wildman–Crippen MR) is 102 cm³/mol. The molecule has 0 spiro atoms. The molecule has 7 heteroatoms. The smallest absolute Gasteiger partial charge is 0.284 e. The lowest BCUT2D eigenvalue weighted by atomic mass is 10.1. The number of likely N-dealkylation sites (tertiary alicyclic amines) is 1. The van der Waals surface area contributed by atoms with E-state index >= 15 is 0 Å². The average molecular weight is 371 g/mol. The normalized spacial score (nSPS) is 17.2. The van der Waals surface area contributed by atoms with Crippen LogP contribution in [0.15, 0.2) is 52.3 Å². The Morgan fingerprint density at radius 2 is 2.00 bits per heavy atom. The lowest BCUT2D eigenvalue weighted by Crippen LogP contribution is -2.45. The fourth-order valence-corrected chi connectivity index (χ4v) is 3.89. The minimum absolute atomic E-state index is 0.0287. The largest absolute Gasteiger partial charge is 0.337 e. The van der Waals surface area contributed by atoms with Gasteiger partial charge in [-0.25, -0.2) is 0 Å². The number of carbonyl (C=O) groups is 1. The Labute approximate surface area is 156 Å². The number of aryl methyl sites for hydroxylation is 1. The molecule has 1 atom stereocenters. The fraction of sp³-hybridized carbons (Fsp3) is 0.316. The number of hydrogen-bond acceptors (Lipinski definition) is 5. The zero-order valence-electron chi connectivity index (χ0n) is 14.6. The van der Waals surface area contributed by atoms with Crippen molar-refractivity contribution in [3.63, 3.8) is 0 Å². The summed E-state index contributed by atoms with van der Waals surface area (Å²) >= 11 is 1.32. The van der Waals surface area contributed by atoms with Gasteiger partial charge in [0, 0.05) is 35.7 Å². The summed E-state index contributed by atoms with van der Waals surface area (Å²) in [5.74, 6) is -0.199. The molecular formula is C19H21N3O3S. The Morgan fingerprint density at radius 3 is 2.65 bits per heavy atom. The maximum atomic E-state index is 12.7. The molecule has 1 aliphatic heterocycles. The van der Waals surface area contributed by atoms with Gasteiger partial charge in [0.15, 0.2) is 0 Å². The molecule has 2 aromatic rings. The molecule has 26 heavy (non-hydrogen) atoms. The van der Waals surface area contributed by atoms with Gasteiger partial charge in [0.2, 0.25) is 0 Å². The quantitative estimate of drug-likeness (QED) is 0.655. The van der Waals surface area contributed by atoms with E-state index in [0.29, 0.717) is 23.5 Å². The first-order valence-electron chi connectivity index (χ1n) is 8.52. The highest BCUT2D eigenvalue weighted by atomic mass is 32.2. The molecule has 0 aliphatic carbocycles. The van der Waals surface area contributed by atoms with Crippen LogP contribution in [0.4, 0.5) is 5.69 Å². The van der Waals surface area contributed by atoms with Crippen LogP contribution in [-0.2, 0) is 0 Å². The molecule has 1 fully saturated rings. The topological polar surface area (TPSA) is 89.5 Å². The first-order valence-corrected chi connectivity index (χ1v) is 9.33. The lowest BCUT2D eigenvalue weighted by molar-refractivity contribution is -0.387. The Kier molecular flexibility index (Phi) is 5.58. The number of rotatable bonds is 4. The van der Waals surface area contributed by atoms with Crippen molar-refractivity contribution < 1.29 is 9.72 Å². The molecule has 136 valence electrons. The van der Waals surface area contributed by atoms with Crippen molar-refractivity contribution in [1.82, 2.24) is 4.90 Å². The minimum Gasteiger partial charge on any atom is -0.337 e. The summed E-state index contributed by atoms with van der Waals surface area (Å²) in [4.78, 5) is 26.9. The molecule has 2 N–H and O–H groups in total. The second kappa shape index (κ2) is 7.88. The third-order valence-corrected chi connectivity index (χ3v) is 5.47. The van der Waals surface area contributed by atoms with E-state index in [1.807, 2.05) is 31.2 Å². The summed E-state index contributed by atoms with van der Waals surface area (Å²) in [5, 5.41) is 11.5. The van der Waals surface area contributed by atoms with Gasteiger partial charge in [-0.15, -0.1) is 0 Å². The maximum absolute atomic E-state index is 12.7. The van der Waals surface area contributed by atoms with Crippen molar-refractivity contribution in [2.45, 2.75) is 35.6 Å². The highest BCUT2D eigenvalue weighted by Gasteiger charge is 2.25. The van der Waals surface area contributed by atoms with Crippen LogP contribution < -0.4 is 5.73 Å². The summed E-state index contributed by atoms with van der Waals surface area (Å²) < 4.78 is 0. The SMILES string of the molecule is Cc1ccc(Sc2ccc(C(=O)N3CCCC(N)C3)cc2[N+](=O)[O-])cc1. The molecule has 1 heterocycles. The van der Waals surface area contributed by atoms with Gasteiger partial charge < -0.3 is 10.6 Å². The standard InChI is InChI=1S/C19H21N3O3S/c1-13-4-7-16(8-5-13)26-18-9-6-14(11-17(18)22(24)25)19(23)21-10-2-3-15(20)12-21/h4-9,11,15H,2-3,10,12,20H2,1H3. The van der Waals surface area contributed by atoms with Crippen LogP contribution in [0, 0.1) is 17.0 Å². The van der Waals surface area contributed by atoms with Crippen LogP contribution in [0.5, 0.6) is 0 Å². The third-order valence-electron chi connectivity index (χ3n) is 4.40. The van der Waals surface area contributed by atoms with Gasteiger partial charge in [-0.05, 0) is 44.0 Å². The molecule has 0 radical (unpaired) electrons. The van der Waals surface area contributed by atoms with Crippen molar-refractivity contribution in [2.75, 3.05) is 13.1 Å². The second-order valence-corrected chi connectivity index (χ2v) is 7.62. The van der Waals surface area contributed by atoms with E-state index < -0.39 is 4.92 Å². The molecule has 1 saturated heterocycles. The van der Waals surface area contributed by atoms with Crippen LogP contribution in [0.2, 0.25) is 0 Å². The van der Waals surface area contributed by atoms with Gasteiger partial charge in [-0.1, -0.05) is 29.5 Å². The van der Waals surface area contributed by atoms with Gasteiger partial charge in [0.25, 0.3) is 11.6 Å². The van der Waals surface area contributed by atoms with Crippen molar-refractivity contribution in [1.29, 1.82) is 0 Å². The number of carbonyl (C=O) groups excluding carboxylic acids is 1. The monoisotopic (exact) mass is 371 g/mol. The number of amides is 1. The van der Waals surface area contributed by atoms with Crippen LogP contribution in [-0.4, -0.2) is 34.9 Å². The molecule has 1 aliphatic rings. The summed E-state index contributed by atoms with van der Waals surface area (Å²) in [6.45, 7) is 3.12. The second-order valence-electron chi connectivity index (χ2n) is 6.51. The zero-order valence-corrected chi connectivity index (χ0v) is 15.4. The van der Waals surface area contributed by atoms with E-state index in [2.05, 4.69) is 0 Å². The molecule has 0 saturated carbocycles. The van der Waals surface area contributed by atoms with E-state index in [1.54, 1.807) is 17.0 Å². The van der Waals surface area contributed by atoms with E-state index in [0.717, 1.165) is 23.3 Å². The Hall–Kier alpha value is -2.38. The van der Waals surface area contributed by atoms with E-state index in [1.165, 1.54) is 17.8 Å². The van der Waals surface area contributed by atoms with Gasteiger partial charge in [0.05, 0.1) is 9.82 Å². The Balaban J connectivity index is 1.85. The molecule has 1 amide bonds. The number of nitrogens with zero attached hydrogens (tertiary/aromatic N) is 2. The van der Waals surface area contributed by atoms with Crippen LogP contribution in [0.1, 0.15) is 28.8 Å². The van der Waals surface area contributed by atoms with Crippen molar-refractivity contribution in [3.05, 3.63) is 63.7 Å². The average Bonchev–Trinajstić information content (AvgIpc) is 2.63. The van der Waals surface area contributed by atoms with Crippen LogP contribution in [0.25, 0.3) is 0 Å². The zero-order chi connectivity index (χ0) is 18.7. The van der Waals surface area contributed by atoms with Gasteiger partial charge >= 0.3 is 0 Å². The summed E-state index contributed by atoms with van der Waals surface area (Å²) in [6, 6.07) is 12.4. The van der Waals surface area contributed by atoms with Crippen LogP contribution in [0.3, 0.4) is 0 Å². The van der Waals surface area contributed by atoms with E-state index in [-0.39, 0.29) is 17.6 Å². The molecule has 1 unspecified atom stereocenters. The van der Waals surface area contributed by atoms with Crippen molar-refractivity contribution >= 4 is 23.4 Å². The number of nitro groups is 1. The summed E-state index contributed by atoms with van der Waals surface area (Å²) in [7, 11) is 0. The van der Waals surface area contributed by atoms with Gasteiger partial charge in [-0.2, -0.15) is 0 Å². The fourth-order valence-electron chi connectivity index (χ4n) is 2.99. The highest BCUT2D eigenvalue weighted by Crippen LogP contribution is 2.35. The molecular weight excluding hydrogens is 350 g/mol. The first kappa shape index (κ1) is 18.4. The Morgan fingerprint density at radius 1 is 1.27 bits per heavy atom. The number of nitro benzene ring substituents is 1. The van der Waals surface area contributed by atoms with Gasteiger partial charge in [-0.3, -0.25) is 14.9 Å². The molecule has 0 bridgehead atoms. The minimum atomic E-state index is -0.435. The predicted octanol–water partition coefficient (Wildman–Crippen LogP) is 3.62.